The number of carbonyl (C=O) groups is 2. The van der Waals surface area contributed by atoms with E-state index in [-0.39, 0.29) is 42.7 Å². The second kappa shape index (κ2) is 7.78. The molecule has 0 unspecified atom stereocenters. The van der Waals surface area contributed by atoms with E-state index in [2.05, 4.69) is 0 Å². The van der Waals surface area contributed by atoms with Crippen molar-refractivity contribution < 1.29 is 22.8 Å². The summed E-state index contributed by atoms with van der Waals surface area (Å²) < 4.78 is 40.2. The summed E-state index contributed by atoms with van der Waals surface area (Å²) in [7, 11) is 0. The third-order valence-electron chi connectivity index (χ3n) is 4.28. The number of hydrogen-bond donors (Lipinski definition) is 0. The van der Waals surface area contributed by atoms with E-state index in [9.17, 15) is 22.8 Å². The van der Waals surface area contributed by atoms with Gasteiger partial charge in [0, 0.05) is 31.2 Å². The van der Waals surface area contributed by atoms with Gasteiger partial charge in [-0.05, 0) is 30.3 Å². The van der Waals surface area contributed by atoms with Crippen LogP contribution in [0, 0.1) is 17.5 Å². The molecule has 2 amide bonds. The summed E-state index contributed by atoms with van der Waals surface area (Å²) in [4.78, 5) is 27.7. The topological polar surface area (TPSA) is 40.6 Å². The lowest BCUT2D eigenvalue weighted by Gasteiger charge is -2.35. The minimum atomic E-state index is -1.69. The summed E-state index contributed by atoms with van der Waals surface area (Å²) in [6, 6.07) is 6.14. The van der Waals surface area contributed by atoms with Crippen LogP contribution in [0.2, 0.25) is 10.0 Å². The Morgan fingerprint density at radius 3 is 1.93 bits per heavy atom. The molecule has 142 valence electrons. The van der Waals surface area contributed by atoms with Crippen LogP contribution < -0.4 is 0 Å². The van der Waals surface area contributed by atoms with Crippen molar-refractivity contribution >= 4 is 35.0 Å². The summed E-state index contributed by atoms with van der Waals surface area (Å²) in [5, 5.41) is 0.622. The fourth-order valence-corrected chi connectivity index (χ4v) is 3.18. The molecule has 0 aliphatic carbocycles. The van der Waals surface area contributed by atoms with Gasteiger partial charge in [-0.3, -0.25) is 9.59 Å². The van der Waals surface area contributed by atoms with Gasteiger partial charge in [-0.15, -0.1) is 0 Å². The van der Waals surface area contributed by atoms with Gasteiger partial charge < -0.3 is 9.80 Å². The normalized spacial score (nSPS) is 14.4. The quantitative estimate of drug-likeness (QED) is 0.693. The second-order valence-corrected chi connectivity index (χ2v) is 6.78. The van der Waals surface area contributed by atoms with Gasteiger partial charge in [-0.25, -0.2) is 13.2 Å². The third kappa shape index (κ3) is 3.89. The monoisotopic (exact) mass is 416 g/mol. The molecule has 2 aromatic rings. The predicted molar refractivity (Wildman–Crippen MR) is 94.6 cm³/mol. The zero-order valence-electron chi connectivity index (χ0n) is 13.8. The molecule has 9 heteroatoms. The Kier molecular flexibility index (Phi) is 5.62. The zero-order chi connectivity index (χ0) is 19.7. The fourth-order valence-electron chi connectivity index (χ4n) is 2.81. The molecule has 3 rings (SSSR count). The molecule has 0 saturated carbocycles. The van der Waals surface area contributed by atoms with Crippen molar-refractivity contribution in [3.05, 3.63) is 69.0 Å². The molecule has 0 aromatic heterocycles. The van der Waals surface area contributed by atoms with Crippen LogP contribution >= 0.6 is 23.2 Å². The first-order valence-corrected chi connectivity index (χ1v) is 8.72. The molecule has 1 saturated heterocycles. The molecular formula is C18H13Cl2F3N2O2. The van der Waals surface area contributed by atoms with Crippen molar-refractivity contribution in [2.24, 2.45) is 0 Å². The molecule has 0 bridgehead atoms. The van der Waals surface area contributed by atoms with E-state index < -0.39 is 28.9 Å². The van der Waals surface area contributed by atoms with Gasteiger partial charge in [-0.1, -0.05) is 23.2 Å². The van der Waals surface area contributed by atoms with Crippen molar-refractivity contribution in [2.45, 2.75) is 0 Å². The molecular weight excluding hydrogens is 404 g/mol. The van der Waals surface area contributed by atoms with Crippen molar-refractivity contribution in [1.29, 1.82) is 0 Å². The lowest BCUT2D eigenvalue weighted by atomic mass is 10.1. The molecule has 0 atom stereocenters. The molecule has 1 aliphatic rings. The average molecular weight is 417 g/mol. The van der Waals surface area contributed by atoms with Crippen LogP contribution in [0.3, 0.4) is 0 Å². The SMILES string of the molecule is O=C(c1cc(Cl)ccc1Cl)N1CCN(C(=O)c2ccc(F)c(F)c2F)CC1. The molecule has 0 N–H and O–H groups in total. The Hall–Kier alpha value is -2.25. The highest BCUT2D eigenvalue weighted by molar-refractivity contribution is 6.35. The minimum absolute atomic E-state index is 0.112. The summed E-state index contributed by atoms with van der Waals surface area (Å²) in [6.45, 7) is 0.583. The van der Waals surface area contributed by atoms with Crippen LogP contribution in [0.15, 0.2) is 30.3 Å². The summed E-state index contributed by atoms with van der Waals surface area (Å²) >= 11 is 11.9. The van der Waals surface area contributed by atoms with Gasteiger partial charge in [0.1, 0.15) is 0 Å². The standard InChI is InChI=1S/C18H13Cl2F3N2O2/c19-10-1-3-13(20)12(9-10)18(27)25-7-5-24(6-8-25)17(26)11-2-4-14(21)16(23)15(11)22/h1-4,9H,5-8H2. The van der Waals surface area contributed by atoms with Crippen molar-refractivity contribution in [2.75, 3.05) is 26.2 Å². The highest BCUT2D eigenvalue weighted by Gasteiger charge is 2.29. The number of amides is 2. The van der Waals surface area contributed by atoms with Crippen LogP contribution in [0.1, 0.15) is 20.7 Å². The van der Waals surface area contributed by atoms with Gasteiger partial charge >= 0.3 is 0 Å². The molecule has 0 radical (unpaired) electrons. The Bertz CT molecular complexity index is 916. The molecule has 0 spiro atoms. The molecule has 1 heterocycles. The zero-order valence-corrected chi connectivity index (χ0v) is 15.3. The van der Waals surface area contributed by atoms with E-state index in [4.69, 9.17) is 23.2 Å². The number of halogens is 5. The first-order valence-electron chi connectivity index (χ1n) is 7.96. The van der Waals surface area contributed by atoms with Crippen LogP contribution in [-0.2, 0) is 0 Å². The Morgan fingerprint density at radius 2 is 1.33 bits per heavy atom. The largest absolute Gasteiger partial charge is 0.335 e. The lowest BCUT2D eigenvalue weighted by Crippen LogP contribution is -2.50. The van der Waals surface area contributed by atoms with Crippen molar-refractivity contribution in [3.63, 3.8) is 0 Å². The van der Waals surface area contributed by atoms with Gasteiger partial charge in [0.15, 0.2) is 17.5 Å². The van der Waals surface area contributed by atoms with E-state index in [1.54, 1.807) is 6.07 Å². The highest BCUT2D eigenvalue weighted by Crippen LogP contribution is 2.23. The molecule has 2 aromatic carbocycles. The smallest absolute Gasteiger partial charge is 0.257 e. The summed E-state index contributed by atoms with van der Waals surface area (Å²) in [5.41, 5.74) is -0.304. The third-order valence-corrected chi connectivity index (χ3v) is 4.84. The Balaban J connectivity index is 1.70. The Morgan fingerprint density at radius 1 is 0.778 bits per heavy atom. The van der Waals surface area contributed by atoms with E-state index >= 15 is 0 Å². The summed E-state index contributed by atoms with van der Waals surface area (Å²) in [5.74, 6) is -5.68. The lowest BCUT2D eigenvalue weighted by molar-refractivity contribution is 0.0532. The second-order valence-electron chi connectivity index (χ2n) is 5.93. The first kappa shape index (κ1) is 19.5. The maximum atomic E-state index is 13.8. The number of nitrogens with zero attached hydrogens (tertiary/aromatic N) is 2. The molecule has 27 heavy (non-hydrogen) atoms. The van der Waals surface area contributed by atoms with Crippen LogP contribution in [0.4, 0.5) is 13.2 Å². The maximum Gasteiger partial charge on any atom is 0.257 e. The first-order chi connectivity index (χ1) is 12.8. The van der Waals surface area contributed by atoms with E-state index in [0.717, 1.165) is 6.07 Å². The van der Waals surface area contributed by atoms with Gasteiger partial charge in [0.2, 0.25) is 0 Å². The van der Waals surface area contributed by atoms with Crippen LogP contribution in [-0.4, -0.2) is 47.8 Å². The molecule has 1 aliphatic heterocycles. The van der Waals surface area contributed by atoms with E-state index in [1.165, 1.54) is 21.9 Å². The van der Waals surface area contributed by atoms with Gasteiger partial charge in [0.25, 0.3) is 11.8 Å². The van der Waals surface area contributed by atoms with E-state index in [0.29, 0.717) is 11.1 Å². The van der Waals surface area contributed by atoms with Crippen molar-refractivity contribution in [1.82, 2.24) is 9.80 Å². The van der Waals surface area contributed by atoms with Gasteiger partial charge in [-0.2, -0.15) is 0 Å². The van der Waals surface area contributed by atoms with Crippen LogP contribution in [0.25, 0.3) is 0 Å². The van der Waals surface area contributed by atoms with Crippen molar-refractivity contribution in [3.8, 4) is 0 Å². The molecule has 4 nitrogen and oxygen atoms in total. The molecule has 1 fully saturated rings. The highest BCUT2D eigenvalue weighted by atomic mass is 35.5. The van der Waals surface area contributed by atoms with E-state index in [1.807, 2.05) is 0 Å². The maximum absolute atomic E-state index is 13.8. The number of carbonyl (C=O) groups excluding carboxylic acids is 2. The Labute approximate surface area is 163 Å². The minimum Gasteiger partial charge on any atom is -0.335 e. The van der Waals surface area contributed by atoms with Gasteiger partial charge in [0.05, 0.1) is 16.1 Å². The van der Waals surface area contributed by atoms with Crippen LogP contribution in [0.5, 0.6) is 0 Å². The fraction of sp³-hybridized carbons (Fsp3) is 0.222. The number of rotatable bonds is 2. The summed E-state index contributed by atoms with van der Waals surface area (Å²) in [6.07, 6.45) is 0. The number of hydrogen-bond acceptors (Lipinski definition) is 2. The number of piperazine rings is 1. The number of benzene rings is 2. The average Bonchev–Trinajstić information content (AvgIpc) is 2.67. The predicted octanol–water partition coefficient (Wildman–Crippen LogP) is 4.01.